The van der Waals surface area contributed by atoms with E-state index in [-0.39, 0.29) is 11.9 Å². The molecule has 2 rings (SSSR count). The number of carbonyl (C=O) groups excluding carboxylic acids is 1. The number of carbonyl (C=O) groups is 1. The standard InChI is InChI=1S/C12H19N3OS/c1-7(2)12-15-10(6-17-12)11(16)14-5-9(13)8-3-4-8/h6-9H,3-5,13H2,1-2H3,(H,14,16). The van der Waals surface area contributed by atoms with Crippen molar-refractivity contribution in [1.29, 1.82) is 0 Å². The third-order valence-corrected chi connectivity index (χ3v) is 4.12. The second-order valence-electron chi connectivity index (χ2n) is 4.94. The van der Waals surface area contributed by atoms with Gasteiger partial charge in [-0.3, -0.25) is 4.79 Å². The Morgan fingerprint density at radius 2 is 2.35 bits per heavy atom. The molecule has 17 heavy (non-hydrogen) atoms. The second kappa shape index (κ2) is 5.14. The molecular formula is C12H19N3OS. The summed E-state index contributed by atoms with van der Waals surface area (Å²) >= 11 is 1.54. The van der Waals surface area contributed by atoms with Crippen molar-refractivity contribution in [2.24, 2.45) is 11.7 Å². The highest BCUT2D eigenvalue weighted by Crippen LogP contribution is 2.31. The Balaban J connectivity index is 1.85. The maximum atomic E-state index is 11.8. The highest BCUT2D eigenvalue weighted by Gasteiger charge is 2.28. The number of hydrogen-bond acceptors (Lipinski definition) is 4. The molecule has 1 saturated carbocycles. The molecule has 1 aliphatic rings. The zero-order valence-electron chi connectivity index (χ0n) is 10.3. The molecule has 0 radical (unpaired) electrons. The summed E-state index contributed by atoms with van der Waals surface area (Å²) < 4.78 is 0. The van der Waals surface area contributed by atoms with Crippen LogP contribution in [0.4, 0.5) is 0 Å². The largest absolute Gasteiger partial charge is 0.349 e. The van der Waals surface area contributed by atoms with E-state index >= 15 is 0 Å². The molecule has 1 heterocycles. The molecular weight excluding hydrogens is 234 g/mol. The minimum atomic E-state index is -0.107. The van der Waals surface area contributed by atoms with E-state index in [1.54, 1.807) is 0 Å². The summed E-state index contributed by atoms with van der Waals surface area (Å²) in [5, 5.41) is 5.67. The minimum absolute atomic E-state index is 0.0992. The van der Waals surface area contributed by atoms with Crippen LogP contribution in [-0.2, 0) is 0 Å². The Morgan fingerprint density at radius 1 is 1.65 bits per heavy atom. The smallest absolute Gasteiger partial charge is 0.270 e. The molecule has 0 saturated heterocycles. The quantitative estimate of drug-likeness (QED) is 0.839. The lowest BCUT2D eigenvalue weighted by Crippen LogP contribution is -2.38. The highest BCUT2D eigenvalue weighted by molar-refractivity contribution is 7.09. The van der Waals surface area contributed by atoms with Gasteiger partial charge < -0.3 is 11.1 Å². The lowest BCUT2D eigenvalue weighted by molar-refractivity contribution is 0.0946. The fourth-order valence-electron chi connectivity index (χ4n) is 1.65. The summed E-state index contributed by atoms with van der Waals surface area (Å²) in [6, 6.07) is 0.0992. The SMILES string of the molecule is CC(C)c1nc(C(=O)NCC(N)C2CC2)cs1. The van der Waals surface area contributed by atoms with Gasteiger partial charge in [0.25, 0.3) is 5.91 Å². The van der Waals surface area contributed by atoms with E-state index in [2.05, 4.69) is 24.1 Å². The van der Waals surface area contributed by atoms with Crippen LogP contribution in [0.25, 0.3) is 0 Å². The molecule has 1 aromatic heterocycles. The van der Waals surface area contributed by atoms with E-state index in [9.17, 15) is 4.79 Å². The third kappa shape index (κ3) is 3.26. The van der Waals surface area contributed by atoms with E-state index in [4.69, 9.17) is 5.73 Å². The van der Waals surface area contributed by atoms with Crippen molar-refractivity contribution < 1.29 is 4.79 Å². The highest BCUT2D eigenvalue weighted by atomic mass is 32.1. The van der Waals surface area contributed by atoms with Gasteiger partial charge in [0.15, 0.2) is 0 Å². The van der Waals surface area contributed by atoms with Gasteiger partial charge >= 0.3 is 0 Å². The van der Waals surface area contributed by atoms with Crippen LogP contribution >= 0.6 is 11.3 Å². The predicted octanol–water partition coefficient (Wildman–Crippen LogP) is 1.73. The van der Waals surface area contributed by atoms with Gasteiger partial charge in [-0.05, 0) is 18.8 Å². The molecule has 94 valence electrons. The maximum absolute atomic E-state index is 11.8. The van der Waals surface area contributed by atoms with Gasteiger partial charge in [0.2, 0.25) is 0 Å². The molecule has 4 nitrogen and oxygen atoms in total. The fourth-order valence-corrected chi connectivity index (χ4v) is 2.46. The second-order valence-corrected chi connectivity index (χ2v) is 5.83. The number of nitrogens with zero attached hydrogens (tertiary/aromatic N) is 1. The molecule has 0 bridgehead atoms. The summed E-state index contributed by atoms with van der Waals surface area (Å²) in [7, 11) is 0. The summed E-state index contributed by atoms with van der Waals surface area (Å²) in [6.45, 7) is 4.70. The van der Waals surface area contributed by atoms with Gasteiger partial charge in [0, 0.05) is 23.9 Å². The number of rotatable bonds is 5. The minimum Gasteiger partial charge on any atom is -0.349 e. The Bertz CT molecular complexity index is 398. The first-order chi connectivity index (χ1) is 8.08. The van der Waals surface area contributed by atoms with Crippen LogP contribution in [0.3, 0.4) is 0 Å². The monoisotopic (exact) mass is 253 g/mol. The van der Waals surface area contributed by atoms with Gasteiger partial charge in [0.1, 0.15) is 5.69 Å². The Hall–Kier alpha value is -0.940. The Labute approximate surface area is 106 Å². The molecule has 0 spiro atoms. The van der Waals surface area contributed by atoms with Crippen LogP contribution in [-0.4, -0.2) is 23.5 Å². The fraction of sp³-hybridized carbons (Fsp3) is 0.667. The topological polar surface area (TPSA) is 68.0 Å². The van der Waals surface area contributed by atoms with Crippen LogP contribution in [0, 0.1) is 5.92 Å². The summed E-state index contributed by atoms with van der Waals surface area (Å²) in [6.07, 6.45) is 2.40. The van der Waals surface area contributed by atoms with E-state index in [1.165, 1.54) is 24.2 Å². The van der Waals surface area contributed by atoms with Crippen LogP contribution in [0.15, 0.2) is 5.38 Å². The Morgan fingerprint density at radius 3 is 2.88 bits per heavy atom. The molecule has 1 aromatic rings. The first kappa shape index (κ1) is 12.5. The molecule has 1 atom stereocenters. The van der Waals surface area contributed by atoms with Gasteiger partial charge in [-0.1, -0.05) is 13.8 Å². The van der Waals surface area contributed by atoms with Crippen molar-refractivity contribution in [3.63, 3.8) is 0 Å². The number of nitrogens with two attached hydrogens (primary N) is 1. The molecule has 1 fully saturated rings. The van der Waals surface area contributed by atoms with Crippen LogP contribution in [0.5, 0.6) is 0 Å². The first-order valence-corrected chi connectivity index (χ1v) is 6.95. The van der Waals surface area contributed by atoms with Crippen molar-refractivity contribution >= 4 is 17.2 Å². The molecule has 0 aromatic carbocycles. The summed E-state index contributed by atoms with van der Waals surface area (Å²) in [4.78, 5) is 16.1. The third-order valence-electron chi connectivity index (χ3n) is 2.97. The van der Waals surface area contributed by atoms with Crippen molar-refractivity contribution in [3.05, 3.63) is 16.1 Å². The van der Waals surface area contributed by atoms with Crippen molar-refractivity contribution in [3.8, 4) is 0 Å². The van der Waals surface area contributed by atoms with Crippen molar-refractivity contribution in [2.75, 3.05) is 6.54 Å². The zero-order chi connectivity index (χ0) is 12.4. The Kier molecular flexibility index (Phi) is 3.79. The van der Waals surface area contributed by atoms with E-state index < -0.39 is 0 Å². The van der Waals surface area contributed by atoms with Gasteiger partial charge in [-0.15, -0.1) is 11.3 Å². The molecule has 5 heteroatoms. The summed E-state index contributed by atoms with van der Waals surface area (Å²) in [5.41, 5.74) is 6.44. The summed E-state index contributed by atoms with van der Waals surface area (Å²) in [5.74, 6) is 0.872. The maximum Gasteiger partial charge on any atom is 0.270 e. The van der Waals surface area contributed by atoms with Crippen LogP contribution < -0.4 is 11.1 Å². The normalized spacial score (nSPS) is 17.2. The number of nitrogens with one attached hydrogen (secondary N) is 1. The average molecular weight is 253 g/mol. The molecule has 0 aliphatic heterocycles. The molecule has 1 aliphatic carbocycles. The molecule has 3 N–H and O–H groups in total. The van der Waals surface area contributed by atoms with E-state index in [0.29, 0.717) is 24.1 Å². The van der Waals surface area contributed by atoms with Crippen LogP contribution in [0.1, 0.15) is 48.1 Å². The lowest BCUT2D eigenvalue weighted by Gasteiger charge is -2.10. The predicted molar refractivity (Wildman–Crippen MR) is 69.2 cm³/mol. The average Bonchev–Trinajstić information content (AvgIpc) is 3.02. The van der Waals surface area contributed by atoms with Gasteiger partial charge in [-0.2, -0.15) is 0 Å². The van der Waals surface area contributed by atoms with Gasteiger partial charge in [0.05, 0.1) is 5.01 Å². The molecule has 1 unspecified atom stereocenters. The molecule has 1 amide bonds. The number of hydrogen-bond donors (Lipinski definition) is 2. The number of amides is 1. The van der Waals surface area contributed by atoms with E-state index in [0.717, 1.165) is 5.01 Å². The first-order valence-electron chi connectivity index (χ1n) is 6.07. The van der Waals surface area contributed by atoms with Crippen molar-refractivity contribution in [1.82, 2.24) is 10.3 Å². The zero-order valence-corrected chi connectivity index (χ0v) is 11.1. The lowest BCUT2D eigenvalue weighted by atomic mass is 10.2. The van der Waals surface area contributed by atoms with Crippen molar-refractivity contribution in [2.45, 2.75) is 38.6 Å². The number of thiazole rings is 1. The van der Waals surface area contributed by atoms with Gasteiger partial charge in [-0.25, -0.2) is 4.98 Å². The number of aromatic nitrogens is 1. The van der Waals surface area contributed by atoms with Crippen LogP contribution in [0.2, 0.25) is 0 Å². The van der Waals surface area contributed by atoms with E-state index in [1.807, 2.05) is 5.38 Å².